The van der Waals surface area contributed by atoms with Gasteiger partial charge >= 0.3 is 0 Å². The molecule has 0 atom stereocenters. The van der Waals surface area contributed by atoms with Crippen molar-refractivity contribution >= 4 is 23.2 Å². The lowest BCUT2D eigenvalue weighted by atomic mass is 10.0. The Morgan fingerprint density at radius 1 is 0.296 bits per heavy atom. The van der Waals surface area contributed by atoms with Crippen molar-refractivity contribution in [1.29, 1.82) is 0 Å². The van der Waals surface area contributed by atoms with Crippen molar-refractivity contribution in [2.75, 3.05) is 7.11 Å². The summed E-state index contributed by atoms with van der Waals surface area (Å²) in [6.45, 7) is 48.9. The van der Waals surface area contributed by atoms with Crippen LogP contribution in [-0.4, -0.2) is 56.9 Å². The van der Waals surface area contributed by atoms with Gasteiger partial charge in [0.1, 0.15) is 10.3 Å². The molecule has 10 rings (SSSR count). The molecule has 98 heavy (non-hydrogen) atoms. The molecule has 10 heterocycles. The van der Waals surface area contributed by atoms with Crippen LogP contribution in [0.1, 0.15) is 271 Å². The van der Waals surface area contributed by atoms with Crippen molar-refractivity contribution in [2.45, 2.75) is 218 Å². The number of halogens is 3. The Balaban J connectivity index is 0.000000545. The van der Waals surface area contributed by atoms with E-state index < -0.39 is 5.95 Å². The Morgan fingerprint density at radius 2 is 0.765 bits per heavy atom. The highest BCUT2D eigenvalue weighted by Crippen LogP contribution is 2.20. The molecule has 0 aliphatic carbocycles. The summed E-state index contributed by atoms with van der Waals surface area (Å²) in [7, 11) is 1.62. The van der Waals surface area contributed by atoms with Crippen LogP contribution < -0.4 is 4.74 Å². The minimum atomic E-state index is -0.413. The average Bonchev–Trinajstić information content (AvgIpc) is 2.52. The van der Waals surface area contributed by atoms with E-state index in [9.17, 15) is 4.39 Å². The van der Waals surface area contributed by atoms with E-state index in [2.05, 4.69) is 231 Å². The van der Waals surface area contributed by atoms with Gasteiger partial charge in [-0.2, -0.15) is 4.39 Å². The summed E-state index contributed by atoms with van der Waals surface area (Å²) in [6.07, 6.45) is 20.0. The minimum absolute atomic E-state index is 0.413. The van der Waals surface area contributed by atoms with Gasteiger partial charge in [-0.25, -0.2) is 19.9 Å². The van der Waals surface area contributed by atoms with Gasteiger partial charge in [-0.1, -0.05) is 204 Å². The fourth-order valence-electron chi connectivity index (χ4n) is 7.90. The number of ether oxygens (including phenoxy) is 1. The van der Waals surface area contributed by atoms with Crippen molar-refractivity contribution in [2.24, 2.45) is 0 Å². The fraction of sp³-hybridized carbons (Fsp3) is 0.405. The number of nitrogens with zero attached hydrogens (tertiary/aromatic N) is 10. The maximum absolute atomic E-state index is 12.2. The van der Waals surface area contributed by atoms with Crippen molar-refractivity contribution < 1.29 is 9.13 Å². The first kappa shape index (κ1) is 87.8. The van der Waals surface area contributed by atoms with Crippen LogP contribution >= 0.6 is 23.2 Å². The minimum Gasteiger partial charge on any atom is -0.481 e. The molecule has 0 amide bonds. The molecule has 0 radical (unpaired) electrons. The van der Waals surface area contributed by atoms with Gasteiger partial charge in [0.15, 0.2) is 0 Å². The quantitative estimate of drug-likeness (QED) is 0.114. The number of hydrogen-bond donors (Lipinski definition) is 0. The zero-order chi connectivity index (χ0) is 73.7. The molecule has 0 aliphatic rings. The molecule has 14 heteroatoms. The summed E-state index contributed by atoms with van der Waals surface area (Å²) in [5, 5.41) is 1.13. The third kappa shape index (κ3) is 40.5. The first-order valence-electron chi connectivity index (χ1n) is 34.2. The van der Waals surface area contributed by atoms with Crippen LogP contribution in [0, 0.1) is 26.7 Å². The number of aryl methyl sites for hydroxylation is 3. The highest BCUT2D eigenvalue weighted by Gasteiger charge is 2.04. The third-order valence-corrected chi connectivity index (χ3v) is 15.0. The molecule has 0 saturated heterocycles. The van der Waals surface area contributed by atoms with Crippen molar-refractivity contribution in [3.05, 3.63) is 291 Å². The molecule has 11 nitrogen and oxygen atoms in total. The van der Waals surface area contributed by atoms with E-state index >= 15 is 0 Å². The summed E-state index contributed by atoms with van der Waals surface area (Å²) in [4.78, 5) is 40.3. The van der Waals surface area contributed by atoms with E-state index in [0.29, 0.717) is 75.4 Å². The molecule has 0 aromatic carbocycles. The van der Waals surface area contributed by atoms with E-state index in [0.717, 1.165) is 28.3 Å². The zero-order valence-electron chi connectivity index (χ0n) is 63.3. The number of rotatable bonds is 11. The maximum atomic E-state index is 12.2. The van der Waals surface area contributed by atoms with Crippen molar-refractivity contribution in [1.82, 2.24) is 49.8 Å². The Morgan fingerprint density at radius 3 is 1.10 bits per heavy atom. The average molecular weight is 1370 g/mol. The highest BCUT2D eigenvalue weighted by atomic mass is 35.5. The summed E-state index contributed by atoms with van der Waals surface area (Å²) in [5.74, 6) is 5.79. The second kappa shape index (κ2) is 50.2. The van der Waals surface area contributed by atoms with Gasteiger partial charge in [-0.15, -0.1) is 0 Å². The fourth-order valence-corrected chi connectivity index (χ4v) is 8.20. The van der Waals surface area contributed by atoms with Gasteiger partial charge in [0.25, 0.3) is 0 Å². The smallest absolute Gasteiger partial charge is 0.212 e. The second-order valence-electron chi connectivity index (χ2n) is 26.4. The van der Waals surface area contributed by atoms with Crippen molar-refractivity contribution in [3.8, 4) is 5.88 Å². The number of methoxy groups -OCH3 is 1. The Bertz CT molecular complexity index is 3240. The number of pyridine rings is 10. The maximum Gasteiger partial charge on any atom is 0.212 e. The lowest BCUT2D eigenvalue weighted by Gasteiger charge is -2.04. The second-order valence-corrected chi connectivity index (χ2v) is 27.2. The first-order chi connectivity index (χ1) is 46.3. The lowest BCUT2D eigenvalue weighted by Crippen LogP contribution is -1.92. The zero-order valence-corrected chi connectivity index (χ0v) is 64.9. The molecule has 0 saturated carbocycles. The van der Waals surface area contributed by atoms with Crippen LogP contribution in [0.5, 0.6) is 5.88 Å². The summed E-state index contributed by atoms with van der Waals surface area (Å²) >= 11 is 11.3. The van der Waals surface area contributed by atoms with Crippen LogP contribution in [0.15, 0.2) is 202 Å². The number of aromatic nitrogens is 10. The first-order valence-corrected chi connectivity index (χ1v) is 34.9. The van der Waals surface area contributed by atoms with Gasteiger partial charge in [0, 0.05) is 103 Å². The van der Waals surface area contributed by atoms with Crippen molar-refractivity contribution in [3.63, 3.8) is 0 Å². The molecule has 10 aromatic rings. The molecule has 0 fully saturated rings. The monoisotopic (exact) mass is 1370 g/mol. The predicted octanol–water partition coefficient (Wildman–Crippen LogP) is 24.4. The van der Waals surface area contributed by atoms with Gasteiger partial charge in [0.2, 0.25) is 11.8 Å². The molecule has 0 spiro atoms. The normalized spacial score (nSPS) is 10.3. The Labute approximate surface area is 600 Å². The van der Waals surface area contributed by atoms with Crippen LogP contribution in [0.4, 0.5) is 4.39 Å². The summed E-state index contributed by atoms with van der Waals surface area (Å²) in [6, 6.07) is 43.4. The molecule has 0 N–H and O–H groups in total. The van der Waals surface area contributed by atoms with Gasteiger partial charge in [-0.05, 0) is 209 Å². The van der Waals surface area contributed by atoms with Crippen LogP contribution in [0.2, 0.25) is 10.3 Å². The van der Waals surface area contributed by atoms with E-state index in [-0.39, 0.29) is 0 Å². The van der Waals surface area contributed by atoms with E-state index in [4.69, 9.17) is 27.9 Å². The molecular weight excluding hydrogens is 1250 g/mol. The summed E-state index contributed by atoms with van der Waals surface area (Å²) in [5.41, 5.74) is 15.7. The van der Waals surface area contributed by atoms with Gasteiger partial charge < -0.3 is 4.74 Å². The van der Waals surface area contributed by atoms with E-state index in [1.54, 1.807) is 31.8 Å². The van der Waals surface area contributed by atoms with Crippen LogP contribution in [-0.2, 0) is 0 Å². The van der Waals surface area contributed by atoms with Gasteiger partial charge in [-0.3, -0.25) is 29.9 Å². The molecule has 528 valence electrons. The molecule has 0 bridgehead atoms. The largest absolute Gasteiger partial charge is 0.481 e. The third-order valence-electron chi connectivity index (χ3n) is 14.6. The Hall–Kier alpha value is -8.19. The predicted molar refractivity (Wildman–Crippen MR) is 414 cm³/mol. The Kier molecular flexibility index (Phi) is 45.0. The summed E-state index contributed by atoms with van der Waals surface area (Å²) < 4.78 is 17.2. The van der Waals surface area contributed by atoms with Crippen LogP contribution in [0.25, 0.3) is 0 Å². The molecule has 10 aromatic heterocycles. The topological polar surface area (TPSA) is 138 Å². The molecule has 0 aliphatic heterocycles. The van der Waals surface area contributed by atoms with Crippen LogP contribution in [0.3, 0.4) is 0 Å². The van der Waals surface area contributed by atoms with E-state index in [1.165, 1.54) is 50.7 Å². The molecular formula is C84H115Cl2FN10O. The van der Waals surface area contributed by atoms with Gasteiger partial charge in [0.05, 0.1) is 7.11 Å². The SMILES string of the molecule is CC(C)c1ccc(Cl)nc1.CC(C)c1ccc(F)nc1.CC(C)c1ccccn1.CC(C)c1cccnc1.CC(C)c1ccnc(Cl)c1.CC(C)c1ccncc1.COc1ccc(C(C)C)cn1.Cc1cc(C(C)C)ccn1.Cc1ccc(C(C)C)cn1.Cc1cccc(C(C)C)n1. The molecule has 0 unspecified atom stereocenters. The lowest BCUT2D eigenvalue weighted by molar-refractivity contribution is 0.397. The number of hydrogen-bond acceptors (Lipinski definition) is 11. The van der Waals surface area contributed by atoms with E-state index in [1.807, 2.05) is 149 Å². The standard InChI is InChI=1S/C9H13NO.3C9H13N.2C8H10ClN.C8H10FN.3C8H11N/c1-7(2)8-4-5-9(11-3)10-6-8;1-7(2)9-4-5-10-8(3)6-9;1-7(2)9-5-4-8(3)10-6-9;1-7(2)9-6-4-5-8(3)10-9;1-6(2)7-3-4-10-8(9)5-7;2*1-6(2)7-3-4-8(9)10-5-7;1-7(2)8-3-5-9-6-4-8;1-7(2)8-4-3-5-9-6-8;1-7(2)8-5-3-4-6-9-8/h4-7H,1-3H3;3*4-7H,1-3H3;3*3-6H,1-2H3;3*3-7H,1-2H3. The highest BCUT2D eigenvalue weighted by molar-refractivity contribution is 6.29.